The molecule has 0 spiro atoms. The maximum Gasteiger partial charge on any atom is 0.240 e. The van der Waals surface area contributed by atoms with Crippen LogP contribution >= 0.6 is 0 Å². The number of fused-ring (bicyclic) bond motifs is 1. The van der Waals surface area contributed by atoms with Crippen LogP contribution in [0.25, 0.3) is 0 Å². The van der Waals surface area contributed by atoms with Gasteiger partial charge in [-0.25, -0.2) is 4.39 Å². The quantitative estimate of drug-likeness (QED) is 0.627. The van der Waals surface area contributed by atoms with Crippen molar-refractivity contribution in [2.45, 2.75) is 44.6 Å². The second-order valence-corrected chi connectivity index (χ2v) is 8.06. The van der Waals surface area contributed by atoms with E-state index in [1.54, 1.807) is 12.1 Å². The Bertz CT molecular complexity index is 773. The normalized spacial score (nSPS) is 25.8. The third-order valence-corrected chi connectivity index (χ3v) is 6.32. The molecular weight excluding hydrogens is 359 g/mol. The molecular formula is C22H25FN2O3. The van der Waals surface area contributed by atoms with Gasteiger partial charge in [-0.1, -0.05) is 37.1 Å². The second-order valence-electron chi connectivity index (χ2n) is 8.06. The molecule has 1 N–H and O–H groups in total. The summed E-state index contributed by atoms with van der Waals surface area (Å²) in [4.78, 5) is 39.0. The SMILES string of the molecule is O=C(CN1C(=O)C2CC=CCC2C1=O)NC(c1ccc(F)cc1)C1CCCC1. The van der Waals surface area contributed by atoms with Crippen LogP contribution in [0.2, 0.25) is 0 Å². The van der Waals surface area contributed by atoms with Crippen molar-refractivity contribution in [2.24, 2.45) is 17.8 Å². The van der Waals surface area contributed by atoms with Crippen molar-refractivity contribution >= 4 is 17.7 Å². The van der Waals surface area contributed by atoms with E-state index in [0.717, 1.165) is 36.1 Å². The third-order valence-electron chi connectivity index (χ3n) is 6.32. The van der Waals surface area contributed by atoms with Crippen LogP contribution < -0.4 is 5.32 Å². The number of hydrogen-bond donors (Lipinski definition) is 1. The van der Waals surface area contributed by atoms with Gasteiger partial charge in [0.1, 0.15) is 12.4 Å². The fourth-order valence-corrected chi connectivity index (χ4v) is 4.82. The average molecular weight is 384 g/mol. The zero-order valence-electron chi connectivity index (χ0n) is 15.8. The predicted octanol–water partition coefficient (Wildman–Crippen LogP) is 3.12. The topological polar surface area (TPSA) is 66.5 Å². The van der Waals surface area contributed by atoms with E-state index in [1.165, 1.54) is 12.1 Å². The molecule has 6 heteroatoms. The summed E-state index contributed by atoms with van der Waals surface area (Å²) in [6.45, 7) is -0.241. The van der Waals surface area contributed by atoms with Crippen LogP contribution in [-0.4, -0.2) is 29.2 Å². The van der Waals surface area contributed by atoms with Gasteiger partial charge in [0.15, 0.2) is 0 Å². The minimum Gasteiger partial charge on any atom is -0.347 e. The number of hydrogen-bond acceptors (Lipinski definition) is 3. The average Bonchev–Trinajstić information content (AvgIpc) is 3.31. The first-order valence-corrected chi connectivity index (χ1v) is 10.1. The summed E-state index contributed by atoms with van der Waals surface area (Å²) in [5.41, 5.74) is 0.860. The summed E-state index contributed by atoms with van der Waals surface area (Å²) in [7, 11) is 0. The molecule has 148 valence electrons. The van der Waals surface area contributed by atoms with E-state index in [-0.39, 0.29) is 53.9 Å². The molecule has 3 unspecified atom stereocenters. The number of carbonyl (C=O) groups is 3. The highest BCUT2D eigenvalue weighted by Crippen LogP contribution is 2.37. The largest absolute Gasteiger partial charge is 0.347 e. The lowest BCUT2D eigenvalue weighted by atomic mass is 9.85. The second kappa shape index (κ2) is 7.86. The van der Waals surface area contributed by atoms with Gasteiger partial charge in [0.05, 0.1) is 17.9 Å². The lowest BCUT2D eigenvalue weighted by Gasteiger charge is -2.26. The molecule has 2 aliphatic carbocycles. The fourth-order valence-electron chi connectivity index (χ4n) is 4.82. The summed E-state index contributed by atoms with van der Waals surface area (Å²) >= 11 is 0. The van der Waals surface area contributed by atoms with Crippen molar-refractivity contribution in [3.05, 3.63) is 47.8 Å². The van der Waals surface area contributed by atoms with Crippen LogP contribution in [-0.2, 0) is 14.4 Å². The Morgan fingerprint density at radius 1 is 1.04 bits per heavy atom. The molecule has 28 heavy (non-hydrogen) atoms. The van der Waals surface area contributed by atoms with Crippen molar-refractivity contribution in [3.8, 4) is 0 Å². The van der Waals surface area contributed by atoms with E-state index in [9.17, 15) is 18.8 Å². The summed E-state index contributed by atoms with van der Waals surface area (Å²) in [6.07, 6.45) is 9.21. The lowest BCUT2D eigenvalue weighted by Crippen LogP contribution is -2.43. The summed E-state index contributed by atoms with van der Waals surface area (Å²) in [6, 6.07) is 5.96. The first kappa shape index (κ1) is 18.8. The van der Waals surface area contributed by atoms with E-state index >= 15 is 0 Å². The van der Waals surface area contributed by atoms with Crippen molar-refractivity contribution < 1.29 is 18.8 Å². The third kappa shape index (κ3) is 3.60. The zero-order chi connectivity index (χ0) is 19.7. The van der Waals surface area contributed by atoms with E-state index in [0.29, 0.717) is 12.8 Å². The number of likely N-dealkylation sites (tertiary alicyclic amines) is 1. The number of allylic oxidation sites excluding steroid dienone is 2. The number of carbonyl (C=O) groups excluding carboxylic acids is 3. The van der Waals surface area contributed by atoms with Gasteiger partial charge in [0.2, 0.25) is 17.7 Å². The smallest absolute Gasteiger partial charge is 0.240 e. The van der Waals surface area contributed by atoms with Gasteiger partial charge in [-0.15, -0.1) is 0 Å². The Morgan fingerprint density at radius 3 is 2.18 bits per heavy atom. The number of imide groups is 1. The van der Waals surface area contributed by atoms with E-state index < -0.39 is 0 Å². The minimum absolute atomic E-state index is 0.229. The van der Waals surface area contributed by atoms with Crippen LogP contribution in [0.1, 0.15) is 50.1 Å². The molecule has 1 saturated heterocycles. The van der Waals surface area contributed by atoms with Crippen LogP contribution in [0.15, 0.2) is 36.4 Å². The van der Waals surface area contributed by atoms with Gasteiger partial charge in [-0.05, 0) is 49.3 Å². The molecule has 1 heterocycles. The molecule has 0 radical (unpaired) electrons. The van der Waals surface area contributed by atoms with Crippen molar-refractivity contribution in [2.75, 3.05) is 6.54 Å². The van der Waals surface area contributed by atoms with Gasteiger partial charge in [-0.3, -0.25) is 19.3 Å². The number of nitrogens with one attached hydrogen (secondary N) is 1. The Morgan fingerprint density at radius 2 is 1.61 bits per heavy atom. The zero-order valence-corrected chi connectivity index (χ0v) is 15.8. The van der Waals surface area contributed by atoms with Gasteiger partial charge >= 0.3 is 0 Å². The van der Waals surface area contributed by atoms with E-state index in [1.807, 2.05) is 12.2 Å². The molecule has 2 fully saturated rings. The van der Waals surface area contributed by atoms with Crippen LogP contribution in [0.3, 0.4) is 0 Å². The highest BCUT2D eigenvalue weighted by Gasteiger charge is 2.47. The first-order chi connectivity index (χ1) is 13.5. The number of rotatable bonds is 5. The standard InChI is InChI=1S/C22H25FN2O3/c23-16-11-9-15(10-12-16)20(14-5-1-2-6-14)24-19(26)13-25-21(27)17-7-3-4-8-18(17)22(25)28/h3-4,9-12,14,17-18,20H,1-2,5-8,13H2,(H,24,26). The number of halogens is 1. The Hall–Kier alpha value is -2.50. The Kier molecular flexibility index (Phi) is 5.29. The number of benzene rings is 1. The van der Waals surface area contributed by atoms with Gasteiger partial charge < -0.3 is 5.32 Å². The molecule has 4 rings (SSSR count). The monoisotopic (exact) mass is 384 g/mol. The lowest BCUT2D eigenvalue weighted by molar-refractivity contribution is -0.143. The van der Waals surface area contributed by atoms with Crippen molar-refractivity contribution in [3.63, 3.8) is 0 Å². The molecule has 5 nitrogen and oxygen atoms in total. The Balaban J connectivity index is 1.46. The van der Waals surface area contributed by atoms with Gasteiger partial charge in [0, 0.05) is 0 Å². The van der Waals surface area contributed by atoms with Crippen molar-refractivity contribution in [1.29, 1.82) is 0 Å². The molecule has 0 aromatic heterocycles. The van der Waals surface area contributed by atoms with E-state index in [2.05, 4.69) is 5.32 Å². The summed E-state index contributed by atoms with van der Waals surface area (Å²) in [5.74, 6) is -1.51. The first-order valence-electron chi connectivity index (χ1n) is 10.1. The maximum absolute atomic E-state index is 13.3. The van der Waals surface area contributed by atoms with Crippen LogP contribution in [0.4, 0.5) is 4.39 Å². The molecule has 1 aromatic rings. The molecule has 3 atom stereocenters. The maximum atomic E-state index is 13.3. The molecule has 0 bridgehead atoms. The van der Waals surface area contributed by atoms with Crippen LogP contribution in [0, 0.1) is 23.6 Å². The van der Waals surface area contributed by atoms with E-state index in [4.69, 9.17) is 0 Å². The van der Waals surface area contributed by atoms with Crippen LogP contribution in [0.5, 0.6) is 0 Å². The number of amides is 3. The summed E-state index contributed by atoms with van der Waals surface area (Å²) < 4.78 is 13.3. The molecule has 3 amide bonds. The molecule has 1 aliphatic heterocycles. The van der Waals surface area contributed by atoms with Gasteiger partial charge in [-0.2, -0.15) is 0 Å². The highest BCUT2D eigenvalue weighted by atomic mass is 19.1. The molecule has 3 aliphatic rings. The van der Waals surface area contributed by atoms with Crippen molar-refractivity contribution in [1.82, 2.24) is 10.2 Å². The Labute approximate surface area is 164 Å². The van der Waals surface area contributed by atoms with Gasteiger partial charge in [0.25, 0.3) is 0 Å². The molecule has 1 saturated carbocycles. The fraction of sp³-hybridized carbons (Fsp3) is 0.500. The molecule has 1 aromatic carbocycles. The summed E-state index contributed by atoms with van der Waals surface area (Å²) in [5, 5.41) is 3.02. The minimum atomic E-state index is -0.338. The highest BCUT2D eigenvalue weighted by molar-refractivity contribution is 6.07. The predicted molar refractivity (Wildman–Crippen MR) is 101 cm³/mol. The number of nitrogens with zero attached hydrogens (tertiary/aromatic N) is 1.